The number of hydrogen-bond donors (Lipinski definition) is 1. The first-order valence-corrected chi connectivity index (χ1v) is 8.10. The minimum absolute atomic E-state index is 0.0412. The van der Waals surface area contributed by atoms with Gasteiger partial charge in [0.25, 0.3) is 10.0 Å². The van der Waals surface area contributed by atoms with E-state index in [1.165, 1.54) is 18.2 Å². The van der Waals surface area contributed by atoms with Crippen LogP contribution in [-0.2, 0) is 10.0 Å². The van der Waals surface area contributed by atoms with Gasteiger partial charge in [0.1, 0.15) is 11.9 Å². The highest BCUT2D eigenvalue weighted by atomic mass is 79.9. The van der Waals surface area contributed by atoms with Crippen LogP contribution >= 0.6 is 15.9 Å². The number of anilines is 1. The van der Waals surface area contributed by atoms with Gasteiger partial charge in [-0.1, -0.05) is 15.9 Å². The number of halogens is 2. The summed E-state index contributed by atoms with van der Waals surface area (Å²) in [6.45, 7) is 1.77. The molecule has 0 aliphatic carbocycles. The predicted molar refractivity (Wildman–Crippen MR) is 80.8 cm³/mol. The highest BCUT2D eigenvalue weighted by Gasteiger charge is 2.17. The van der Waals surface area contributed by atoms with Crippen molar-refractivity contribution in [3.63, 3.8) is 0 Å². The van der Waals surface area contributed by atoms with Crippen LogP contribution in [0.1, 0.15) is 11.1 Å². The molecule has 4 nitrogen and oxygen atoms in total. The third-order valence-corrected chi connectivity index (χ3v) is 5.04. The lowest BCUT2D eigenvalue weighted by Gasteiger charge is -2.10. The quantitative estimate of drug-likeness (QED) is 0.899. The molecular weight excluding hydrogens is 359 g/mol. The highest BCUT2D eigenvalue weighted by Crippen LogP contribution is 2.24. The molecule has 0 aliphatic rings. The number of sulfonamides is 1. The molecule has 2 aromatic rings. The zero-order valence-corrected chi connectivity index (χ0v) is 13.3. The Morgan fingerprint density at radius 1 is 1.24 bits per heavy atom. The highest BCUT2D eigenvalue weighted by molar-refractivity contribution is 9.10. The molecule has 0 saturated carbocycles. The minimum atomic E-state index is -3.84. The molecule has 0 spiro atoms. The molecule has 0 amide bonds. The van der Waals surface area contributed by atoms with E-state index >= 15 is 0 Å². The second-order valence-corrected chi connectivity index (χ2v) is 6.85. The van der Waals surface area contributed by atoms with Crippen LogP contribution in [0.5, 0.6) is 0 Å². The molecule has 0 bridgehead atoms. The summed E-state index contributed by atoms with van der Waals surface area (Å²) in [5, 5.41) is 8.93. The van der Waals surface area contributed by atoms with E-state index in [-0.39, 0.29) is 16.1 Å². The maximum absolute atomic E-state index is 13.1. The number of nitrogens with one attached hydrogen (secondary N) is 1. The van der Waals surface area contributed by atoms with Crippen molar-refractivity contribution in [2.45, 2.75) is 11.8 Å². The van der Waals surface area contributed by atoms with Crippen LogP contribution < -0.4 is 4.72 Å². The van der Waals surface area contributed by atoms with Gasteiger partial charge < -0.3 is 0 Å². The zero-order chi connectivity index (χ0) is 15.6. The largest absolute Gasteiger partial charge is 0.278 e. The first-order valence-electron chi connectivity index (χ1n) is 5.82. The van der Waals surface area contributed by atoms with Crippen LogP contribution in [0, 0.1) is 24.1 Å². The Balaban J connectivity index is 2.42. The van der Waals surface area contributed by atoms with Gasteiger partial charge in [0.2, 0.25) is 0 Å². The number of aryl methyl sites for hydroxylation is 1. The minimum Gasteiger partial charge on any atom is -0.278 e. The smallest absolute Gasteiger partial charge is 0.261 e. The third kappa shape index (κ3) is 3.40. The SMILES string of the molecule is Cc1cc(S(=O)(=O)Nc2ccc(F)cc2C#N)ccc1Br. The first-order chi connectivity index (χ1) is 9.83. The maximum Gasteiger partial charge on any atom is 0.261 e. The van der Waals surface area contributed by atoms with Crippen molar-refractivity contribution in [2.75, 3.05) is 4.72 Å². The lowest BCUT2D eigenvalue weighted by molar-refractivity contribution is 0.601. The Kier molecular flexibility index (Phi) is 4.30. The normalized spacial score (nSPS) is 11.0. The van der Waals surface area contributed by atoms with E-state index in [9.17, 15) is 12.8 Å². The van der Waals surface area contributed by atoms with Crippen LogP contribution in [0.25, 0.3) is 0 Å². The molecule has 0 aliphatic heterocycles. The van der Waals surface area contributed by atoms with Gasteiger partial charge in [-0.25, -0.2) is 12.8 Å². The Morgan fingerprint density at radius 3 is 2.57 bits per heavy atom. The number of nitriles is 1. The summed E-state index contributed by atoms with van der Waals surface area (Å²) < 4.78 is 40.7. The topological polar surface area (TPSA) is 70.0 Å². The van der Waals surface area contributed by atoms with Gasteiger partial charge in [0.05, 0.1) is 16.1 Å². The fraction of sp³-hybridized carbons (Fsp3) is 0.0714. The first kappa shape index (κ1) is 15.5. The average Bonchev–Trinajstić information content (AvgIpc) is 2.43. The molecule has 2 aromatic carbocycles. The molecule has 7 heteroatoms. The molecule has 0 saturated heterocycles. The summed E-state index contributed by atoms with van der Waals surface area (Å²) in [5.74, 6) is -0.603. The summed E-state index contributed by atoms with van der Waals surface area (Å²) in [4.78, 5) is 0.0661. The Bertz CT molecular complexity index is 845. The van der Waals surface area contributed by atoms with Gasteiger partial charge in [0.15, 0.2) is 0 Å². The van der Waals surface area contributed by atoms with E-state index in [2.05, 4.69) is 20.7 Å². The monoisotopic (exact) mass is 368 g/mol. The predicted octanol–water partition coefficient (Wildman–Crippen LogP) is 3.57. The molecule has 0 heterocycles. The molecule has 108 valence electrons. The van der Waals surface area contributed by atoms with Crippen LogP contribution in [0.3, 0.4) is 0 Å². The Hall–Kier alpha value is -1.91. The van der Waals surface area contributed by atoms with E-state index in [1.807, 2.05) is 0 Å². The van der Waals surface area contributed by atoms with Crippen LogP contribution in [0.15, 0.2) is 45.8 Å². The van der Waals surface area contributed by atoms with Crippen molar-refractivity contribution in [1.29, 1.82) is 5.26 Å². The van der Waals surface area contributed by atoms with Crippen molar-refractivity contribution >= 4 is 31.6 Å². The Morgan fingerprint density at radius 2 is 1.95 bits per heavy atom. The van der Waals surface area contributed by atoms with E-state index in [1.54, 1.807) is 19.1 Å². The summed E-state index contributed by atoms with van der Waals surface area (Å²) in [6.07, 6.45) is 0. The molecule has 0 fully saturated rings. The lowest BCUT2D eigenvalue weighted by Crippen LogP contribution is -2.14. The number of hydrogen-bond acceptors (Lipinski definition) is 3. The zero-order valence-electron chi connectivity index (χ0n) is 10.9. The number of benzene rings is 2. The van der Waals surface area contributed by atoms with Gasteiger partial charge in [-0.2, -0.15) is 5.26 Å². The van der Waals surface area contributed by atoms with Crippen molar-refractivity contribution in [3.05, 3.63) is 57.8 Å². The molecule has 0 radical (unpaired) electrons. The number of rotatable bonds is 3. The Labute approximate surface area is 130 Å². The van der Waals surface area contributed by atoms with Gasteiger partial charge in [-0.05, 0) is 48.9 Å². The van der Waals surface area contributed by atoms with Crippen LogP contribution in [0.4, 0.5) is 10.1 Å². The van der Waals surface area contributed by atoms with Crippen molar-refractivity contribution in [3.8, 4) is 6.07 Å². The van der Waals surface area contributed by atoms with E-state index in [0.717, 1.165) is 22.2 Å². The molecule has 0 aromatic heterocycles. The van der Waals surface area contributed by atoms with E-state index < -0.39 is 15.8 Å². The van der Waals surface area contributed by atoms with Crippen molar-refractivity contribution < 1.29 is 12.8 Å². The summed E-state index contributed by atoms with van der Waals surface area (Å²) in [6, 6.07) is 9.61. The maximum atomic E-state index is 13.1. The molecule has 0 unspecified atom stereocenters. The van der Waals surface area contributed by atoms with Gasteiger partial charge >= 0.3 is 0 Å². The van der Waals surface area contributed by atoms with E-state index in [4.69, 9.17) is 5.26 Å². The van der Waals surface area contributed by atoms with Crippen molar-refractivity contribution in [2.24, 2.45) is 0 Å². The summed E-state index contributed by atoms with van der Waals surface area (Å²) in [7, 11) is -3.84. The fourth-order valence-corrected chi connectivity index (χ4v) is 3.10. The molecule has 1 N–H and O–H groups in total. The van der Waals surface area contributed by atoms with Crippen LogP contribution in [-0.4, -0.2) is 8.42 Å². The second-order valence-electron chi connectivity index (χ2n) is 4.32. The van der Waals surface area contributed by atoms with Gasteiger partial charge in [-0.3, -0.25) is 4.72 Å². The molecule has 0 atom stereocenters. The van der Waals surface area contributed by atoms with E-state index in [0.29, 0.717) is 0 Å². The van der Waals surface area contributed by atoms with Crippen LogP contribution in [0.2, 0.25) is 0 Å². The molecule has 21 heavy (non-hydrogen) atoms. The fourth-order valence-electron chi connectivity index (χ4n) is 1.69. The molecular formula is C14H10BrFN2O2S. The summed E-state index contributed by atoms with van der Waals surface area (Å²) >= 11 is 3.29. The standard InChI is InChI=1S/C14H10BrFN2O2S/c1-9-6-12(3-4-13(9)15)21(19,20)18-14-5-2-11(16)7-10(14)8-17/h2-7,18H,1H3. The third-order valence-electron chi connectivity index (χ3n) is 2.79. The van der Waals surface area contributed by atoms with Crippen molar-refractivity contribution in [1.82, 2.24) is 0 Å². The van der Waals surface area contributed by atoms with Gasteiger partial charge in [-0.15, -0.1) is 0 Å². The second kappa shape index (κ2) is 5.84. The lowest BCUT2D eigenvalue weighted by atomic mass is 10.2. The number of nitrogens with zero attached hydrogens (tertiary/aromatic N) is 1. The summed E-state index contributed by atoms with van der Waals surface area (Å²) in [5.41, 5.74) is 0.726. The van der Waals surface area contributed by atoms with Gasteiger partial charge in [0, 0.05) is 4.47 Å². The average molecular weight is 369 g/mol. The molecule has 2 rings (SSSR count).